The molecular weight excluding hydrogens is 308 g/mol. The highest BCUT2D eigenvalue weighted by atomic mass is 35.5. The van der Waals surface area contributed by atoms with Gasteiger partial charge in [-0.1, -0.05) is 48.0 Å². The molecular formula is C19H21ClN2O. The molecule has 0 bridgehead atoms. The van der Waals surface area contributed by atoms with E-state index in [4.69, 9.17) is 11.6 Å². The Morgan fingerprint density at radius 1 is 1.13 bits per heavy atom. The van der Waals surface area contributed by atoms with Gasteiger partial charge in [-0.2, -0.15) is 0 Å². The maximum Gasteiger partial charge on any atom is 0.126 e. The van der Waals surface area contributed by atoms with Gasteiger partial charge in [-0.25, -0.2) is 4.99 Å². The van der Waals surface area contributed by atoms with Crippen LogP contribution in [0, 0.1) is 5.92 Å². The van der Waals surface area contributed by atoms with Crippen LogP contribution in [0.5, 0.6) is 0 Å². The van der Waals surface area contributed by atoms with Gasteiger partial charge in [0, 0.05) is 11.4 Å². The molecule has 0 amide bonds. The second-order valence-corrected chi connectivity index (χ2v) is 6.58. The summed E-state index contributed by atoms with van der Waals surface area (Å²) in [7, 11) is 0. The molecule has 120 valence electrons. The SMILES string of the molecule is ONC(C[C@H]1CC[C@@H](c2ccccc2)C1)=Nc1cccc(Cl)c1. The summed E-state index contributed by atoms with van der Waals surface area (Å²) < 4.78 is 0. The molecule has 23 heavy (non-hydrogen) atoms. The Kier molecular flexibility index (Phi) is 5.31. The molecule has 2 aromatic rings. The fraction of sp³-hybridized carbons (Fsp3) is 0.316. The summed E-state index contributed by atoms with van der Waals surface area (Å²) in [6.07, 6.45) is 4.26. The third-order valence-corrected chi connectivity index (χ3v) is 4.73. The summed E-state index contributed by atoms with van der Waals surface area (Å²) in [5.41, 5.74) is 4.43. The zero-order chi connectivity index (χ0) is 16.1. The van der Waals surface area contributed by atoms with Crippen LogP contribution in [0.4, 0.5) is 5.69 Å². The van der Waals surface area contributed by atoms with Gasteiger partial charge in [0.05, 0.1) is 5.69 Å². The van der Waals surface area contributed by atoms with E-state index in [2.05, 4.69) is 40.8 Å². The molecule has 1 fully saturated rings. The van der Waals surface area contributed by atoms with Gasteiger partial charge in [-0.15, -0.1) is 0 Å². The second-order valence-electron chi connectivity index (χ2n) is 6.14. The number of nitrogens with one attached hydrogen (secondary N) is 1. The zero-order valence-electron chi connectivity index (χ0n) is 13.0. The van der Waals surface area contributed by atoms with Crippen LogP contribution in [-0.2, 0) is 0 Å². The van der Waals surface area contributed by atoms with Crippen LogP contribution in [0.1, 0.15) is 37.2 Å². The van der Waals surface area contributed by atoms with Crippen molar-refractivity contribution in [3.8, 4) is 0 Å². The molecule has 2 atom stereocenters. The third kappa shape index (κ3) is 4.34. The average molecular weight is 329 g/mol. The lowest BCUT2D eigenvalue weighted by molar-refractivity contribution is 0.229. The first-order valence-corrected chi connectivity index (χ1v) is 8.40. The maximum atomic E-state index is 9.39. The van der Waals surface area contributed by atoms with E-state index in [-0.39, 0.29) is 0 Å². The van der Waals surface area contributed by atoms with Gasteiger partial charge in [-0.05, 0) is 54.9 Å². The Hall–Kier alpha value is -1.84. The normalized spacial score (nSPS) is 21.4. The number of amidine groups is 1. The summed E-state index contributed by atoms with van der Waals surface area (Å²) in [6.45, 7) is 0. The third-order valence-electron chi connectivity index (χ3n) is 4.50. The number of halogens is 1. The number of benzene rings is 2. The monoisotopic (exact) mass is 328 g/mol. The highest BCUT2D eigenvalue weighted by Gasteiger charge is 2.26. The fourth-order valence-corrected chi connectivity index (χ4v) is 3.56. The summed E-state index contributed by atoms with van der Waals surface area (Å²) >= 11 is 5.98. The van der Waals surface area contributed by atoms with Gasteiger partial charge >= 0.3 is 0 Å². The lowest BCUT2D eigenvalue weighted by Crippen LogP contribution is -2.21. The summed E-state index contributed by atoms with van der Waals surface area (Å²) in [4.78, 5) is 4.47. The molecule has 0 aliphatic heterocycles. The highest BCUT2D eigenvalue weighted by Crippen LogP contribution is 2.39. The van der Waals surface area contributed by atoms with E-state index in [0.29, 0.717) is 22.7 Å². The number of rotatable bonds is 4. The molecule has 3 rings (SSSR count). The molecule has 0 saturated heterocycles. The van der Waals surface area contributed by atoms with E-state index >= 15 is 0 Å². The average Bonchev–Trinajstić information content (AvgIpc) is 3.04. The van der Waals surface area contributed by atoms with Gasteiger partial charge in [0.2, 0.25) is 0 Å². The molecule has 1 saturated carbocycles. The maximum absolute atomic E-state index is 9.39. The molecule has 0 radical (unpaired) electrons. The predicted molar refractivity (Wildman–Crippen MR) is 94.6 cm³/mol. The van der Waals surface area contributed by atoms with Crippen molar-refractivity contribution in [2.75, 3.05) is 0 Å². The van der Waals surface area contributed by atoms with Gasteiger partial charge < -0.3 is 0 Å². The van der Waals surface area contributed by atoms with Crippen LogP contribution in [0.3, 0.4) is 0 Å². The molecule has 1 aliphatic carbocycles. The van der Waals surface area contributed by atoms with Gasteiger partial charge in [0.15, 0.2) is 0 Å². The van der Waals surface area contributed by atoms with Crippen LogP contribution < -0.4 is 5.48 Å². The molecule has 2 N–H and O–H groups in total. The molecule has 4 heteroatoms. The standard InChI is InChI=1S/C19H21ClN2O/c20-17-7-4-8-18(13-17)21-19(22-23)12-14-9-10-16(11-14)15-5-2-1-3-6-15/h1-8,13-14,16,23H,9-12H2,(H,21,22)/t14-,16+/m0/s1. The molecule has 0 spiro atoms. The van der Waals surface area contributed by atoms with E-state index in [9.17, 15) is 5.21 Å². The van der Waals surface area contributed by atoms with Gasteiger partial charge in [-0.3, -0.25) is 10.7 Å². The fourth-order valence-electron chi connectivity index (χ4n) is 3.38. The Morgan fingerprint density at radius 3 is 2.70 bits per heavy atom. The van der Waals surface area contributed by atoms with Crippen LogP contribution in [-0.4, -0.2) is 11.0 Å². The second kappa shape index (κ2) is 7.62. The van der Waals surface area contributed by atoms with Crippen LogP contribution in [0.15, 0.2) is 59.6 Å². The Morgan fingerprint density at radius 2 is 1.96 bits per heavy atom. The Balaban J connectivity index is 1.64. The van der Waals surface area contributed by atoms with Crippen LogP contribution >= 0.6 is 11.6 Å². The first kappa shape index (κ1) is 16.0. The number of hydrogen-bond donors (Lipinski definition) is 2. The summed E-state index contributed by atoms with van der Waals surface area (Å²) in [6, 6.07) is 18.0. The zero-order valence-corrected chi connectivity index (χ0v) is 13.7. The van der Waals surface area contributed by atoms with Crippen molar-refractivity contribution >= 4 is 23.1 Å². The minimum atomic E-state index is 0.540. The molecule has 2 aromatic carbocycles. The minimum absolute atomic E-state index is 0.540. The van der Waals surface area contributed by atoms with E-state index < -0.39 is 0 Å². The highest BCUT2D eigenvalue weighted by molar-refractivity contribution is 6.30. The van der Waals surface area contributed by atoms with Crippen molar-refractivity contribution < 1.29 is 5.21 Å². The van der Waals surface area contributed by atoms with Gasteiger partial charge in [0.1, 0.15) is 5.84 Å². The van der Waals surface area contributed by atoms with E-state index in [1.807, 2.05) is 18.2 Å². The number of nitrogens with zero attached hydrogens (tertiary/aromatic N) is 1. The van der Waals surface area contributed by atoms with Crippen molar-refractivity contribution in [2.24, 2.45) is 10.9 Å². The van der Waals surface area contributed by atoms with Crippen molar-refractivity contribution in [1.29, 1.82) is 0 Å². The quantitative estimate of drug-likeness (QED) is 0.453. The lowest BCUT2D eigenvalue weighted by atomic mass is 9.95. The van der Waals surface area contributed by atoms with E-state index in [1.165, 1.54) is 12.0 Å². The molecule has 0 unspecified atom stereocenters. The van der Waals surface area contributed by atoms with Crippen molar-refractivity contribution in [1.82, 2.24) is 5.48 Å². The molecule has 0 aromatic heterocycles. The van der Waals surface area contributed by atoms with Crippen LogP contribution in [0.2, 0.25) is 5.02 Å². The Bertz CT molecular complexity index is 672. The predicted octanol–water partition coefficient (Wildman–Crippen LogP) is 5.32. The van der Waals surface area contributed by atoms with Crippen LogP contribution in [0.25, 0.3) is 0 Å². The summed E-state index contributed by atoms with van der Waals surface area (Å²) in [5, 5.41) is 10.0. The molecule has 3 nitrogen and oxygen atoms in total. The topological polar surface area (TPSA) is 44.6 Å². The minimum Gasteiger partial charge on any atom is -0.290 e. The first-order valence-electron chi connectivity index (χ1n) is 8.03. The van der Waals surface area contributed by atoms with Crippen molar-refractivity contribution in [2.45, 2.75) is 31.6 Å². The number of aliphatic imine (C=N–C) groups is 1. The van der Waals surface area contributed by atoms with Gasteiger partial charge in [0.25, 0.3) is 0 Å². The first-order chi connectivity index (χ1) is 11.2. The van der Waals surface area contributed by atoms with E-state index in [1.54, 1.807) is 6.07 Å². The van der Waals surface area contributed by atoms with E-state index in [0.717, 1.165) is 24.9 Å². The van der Waals surface area contributed by atoms with Crippen molar-refractivity contribution in [3.05, 3.63) is 65.2 Å². The number of hydroxylamine groups is 1. The molecule has 1 aliphatic rings. The smallest absolute Gasteiger partial charge is 0.126 e. The van der Waals surface area contributed by atoms with Crippen molar-refractivity contribution in [3.63, 3.8) is 0 Å². The lowest BCUT2D eigenvalue weighted by Gasteiger charge is -2.13. The Labute approximate surface area is 142 Å². The largest absolute Gasteiger partial charge is 0.290 e. The summed E-state index contributed by atoms with van der Waals surface area (Å²) in [5.74, 6) is 1.76. The molecule has 0 heterocycles. The number of hydrogen-bond acceptors (Lipinski definition) is 2.